The first-order chi connectivity index (χ1) is 14.3. The van der Waals surface area contributed by atoms with Crippen molar-refractivity contribution < 1.29 is 22.7 Å². The molecular formula is C20H22ClN3O5S. The Morgan fingerprint density at radius 1 is 1.00 bits per heavy atom. The van der Waals surface area contributed by atoms with Crippen LogP contribution in [0.3, 0.4) is 0 Å². The third kappa shape index (κ3) is 5.03. The Kier molecular flexibility index (Phi) is 6.84. The van der Waals surface area contributed by atoms with Crippen LogP contribution in [0.5, 0.6) is 0 Å². The number of carbonyl (C=O) groups excluding carboxylic acids is 2. The van der Waals surface area contributed by atoms with Gasteiger partial charge >= 0.3 is 6.09 Å². The highest BCUT2D eigenvalue weighted by atomic mass is 35.5. The van der Waals surface area contributed by atoms with Gasteiger partial charge in [-0.1, -0.05) is 23.7 Å². The average molecular weight is 452 g/mol. The fourth-order valence-electron chi connectivity index (χ4n) is 3.01. The molecule has 8 nitrogen and oxygen atoms in total. The second-order valence-corrected chi connectivity index (χ2v) is 8.68. The minimum absolute atomic E-state index is 0.0195. The van der Waals surface area contributed by atoms with E-state index in [4.69, 9.17) is 16.3 Å². The summed E-state index contributed by atoms with van der Waals surface area (Å²) in [6, 6.07) is 12.2. The molecule has 2 aromatic rings. The van der Waals surface area contributed by atoms with Crippen LogP contribution >= 0.6 is 11.6 Å². The van der Waals surface area contributed by atoms with Gasteiger partial charge in [-0.05, 0) is 43.3 Å². The molecule has 0 saturated carbocycles. The van der Waals surface area contributed by atoms with Crippen molar-refractivity contribution in [3.63, 3.8) is 0 Å². The number of hydrogen-bond donors (Lipinski definition) is 1. The molecule has 0 unspecified atom stereocenters. The number of halogens is 1. The van der Waals surface area contributed by atoms with Crippen molar-refractivity contribution in [2.24, 2.45) is 0 Å². The number of piperazine rings is 1. The van der Waals surface area contributed by atoms with Crippen LogP contribution in [0.1, 0.15) is 17.3 Å². The van der Waals surface area contributed by atoms with Gasteiger partial charge in [0, 0.05) is 31.7 Å². The summed E-state index contributed by atoms with van der Waals surface area (Å²) in [5, 5.41) is 0.287. The lowest BCUT2D eigenvalue weighted by molar-refractivity contribution is 0.0570. The third-order valence-electron chi connectivity index (χ3n) is 4.62. The maximum absolute atomic E-state index is 12.7. The average Bonchev–Trinajstić information content (AvgIpc) is 2.75. The van der Waals surface area contributed by atoms with Crippen LogP contribution in [0.2, 0.25) is 5.02 Å². The standard InChI is InChI=1S/C20H22ClN3O5S/c1-2-29-20(26)24-13-11-23(12-14-24)19(25)15-7-9-16(10-8-15)30(27,28)22-18-6-4-3-5-17(18)21/h3-10,22H,2,11-14H2,1H3. The predicted octanol–water partition coefficient (Wildman–Crippen LogP) is 3.06. The summed E-state index contributed by atoms with van der Waals surface area (Å²) in [6.07, 6.45) is -0.384. The Labute approximate surface area is 180 Å². The molecule has 1 aliphatic rings. The molecule has 2 aromatic carbocycles. The molecule has 3 rings (SSSR count). The van der Waals surface area contributed by atoms with E-state index in [1.54, 1.807) is 41.0 Å². The summed E-state index contributed by atoms with van der Waals surface area (Å²) in [5.41, 5.74) is 0.648. The van der Waals surface area contributed by atoms with Crippen molar-refractivity contribution in [3.05, 3.63) is 59.1 Å². The van der Waals surface area contributed by atoms with Crippen molar-refractivity contribution in [2.75, 3.05) is 37.5 Å². The highest BCUT2D eigenvalue weighted by molar-refractivity contribution is 7.92. The number of amides is 2. The molecule has 30 heavy (non-hydrogen) atoms. The number of nitrogens with zero attached hydrogens (tertiary/aromatic N) is 2. The summed E-state index contributed by atoms with van der Waals surface area (Å²) in [6.45, 7) is 3.58. The van der Waals surface area contributed by atoms with Crippen LogP contribution in [0, 0.1) is 0 Å². The summed E-state index contributed by atoms with van der Waals surface area (Å²) in [5.74, 6) is -0.221. The number of hydrogen-bond acceptors (Lipinski definition) is 5. The Morgan fingerprint density at radius 3 is 2.20 bits per heavy atom. The lowest BCUT2D eigenvalue weighted by atomic mass is 10.2. The first-order valence-electron chi connectivity index (χ1n) is 9.40. The number of anilines is 1. The smallest absolute Gasteiger partial charge is 0.409 e. The number of carbonyl (C=O) groups is 2. The molecule has 10 heteroatoms. The lowest BCUT2D eigenvalue weighted by Gasteiger charge is -2.34. The summed E-state index contributed by atoms with van der Waals surface area (Å²) in [4.78, 5) is 27.7. The largest absolute Gasteiger partial charge is 0.450 e. The van der Waals surface area contributed by atoms with Crippen molar-refractivity contribution in [1.82, 2.24) is 9.80 Å². The van der Waals surface area contributed by atoms with Crippen LogP contribution < -0.4 is 4.72 Å². The van der Waals surface area contributed by atoms with E-state index in [2.05, 4.69) is 4.72 Å². The fourth-order valence-corrected chi connectivity index (χ4v) is 4.33. The Morgan fingerprint density at radius 2 is 1.60 bits per heavy atom. The highest BCUT2D eigenvalue weighted by Crippen LogP contribution is 2.24. The van der Waals surface area contributed by atoms with Crippen molar-refractivity contribution in [3.8, 4) is 0 Å². The Hall–Kier alpha value is -2.78. The zero-order valence-electron chi connectivity index (χ0n) is 16.4. The second-order valence-electron chi connectivity index (χ2n) is 6.59. The first-order valence-corrected chi connectivity index (χ1v) is 11.3. The number of nitrogens with one attached hydrogen (secondary N) is 1. The van der Waals surface area contributed by atoms with Crippen LogP contribution in [-0.2, 0) is 14.8 Å². The van der Waals surface area contributed by atoms with Gasteiger partial charge in [-0.3, -0.25) is 9.52 Å². The summed E-state index contributed by atoms with van der Waals surface area (Å²) in [7, 11) is -3.84. The van der Waals surface area contributed by atoms with Gasteiger partial charge in [-0.2, -0.15) is 0 Å². The van der Waals surface area contributed by atoms with E-state index < -0.39 is 10.0 Å². The van der Waals surface area contributed by atoms with E-state index >= 15 is 0 Å². The first kappa shape index (κ1) is 21.9. The zero-order valence-corrected chi connectivity index (χ0v) is 17.9. The molecule has 0 atom stereocenters. The van der Waals surface area contributed by atoms with Gasteiger partial charge in [-0.25, -0.2) is 13.2 Å². The highest BCUT2D eigenvalue weighted by Gasteiger charge is 2.26. The fraction of sp³-hybridized carbons (Fsp3) is 0.300. The number of rotatable bonds is 5. The summed E-state index contributed by atoms with van der Waals surface area (Å²) < 4.78 is 32.6. The topological polar surface area (TPSA) is 96.0 Å². The van der Waals surface area contributed by atoms with E-state index in [0.29, 0.717) is 38.3 Å². The SMILES string of the molecule is CCOC(=O)N1CCN(C(=O)c2ccc(S(=O)(=O)Nc3ccccc3Cl)cc2)CC1. The van der Waals surface area contributed by atoms with E-state index in [1.807, 2.05) is 0 Å². The molecular weight excluding hydrogens is 430 g/mol. The van der Waals surface area contributed by atoms with Gasteiger partial charge in [-0.15, -0.1) is 0 Å². The lowest BCUT2D eigenvalue weighted by Crippen LogP contribution is -2.50. The van der Waals surface area contributed by atoms with Crippen molar-refractivity contribution in [1.29, 1.82) is 0 Å². The number of para-hydroxylation sites is 1. The molecule has 1 fully saturated rings. The maximum Gasteiger partial charge on any atom is 0.409 e. The number of ether oxygens (including phenoxy) is 1. The van der Waals surface area contributed by atoms with Crippen LogP contribution in [0.15, 0.2) is 53.4 Å². The zero-order chi connectivity index (χ0) is 21.7. The van der Waals surface area contributed by atoms with Gasteiger partial charge in [0.25, 0.3) is 15.9 Å². The van der Waals surface area contributed by atoms with Gasteiger partial charge in [0.1, 0.15) is 0 Å². The maximum atomic E-state index is 12.7. The second kappa shape index (κ2) is 9.36. The van der Waals surface area contributed by atoms with Crippen molar-refractivity contribution >= 4 is 39.3 Å². The van der Waals surface area contributed by atoms with Gasteiger partial charge in [0.05, 0.1) is 22.2 Å². The number of benzene rings is 2. The molecule has 1 heterocycles. The van der Waals surface area contributed by atoms with E-state index in [-0.39, 0.29) is 27.6 Å². The predicted molar refractivity (Wildman–Crippen MR) is 113 cm³/mol. The Balaban J connectivity index is 1.65. The van der Waals surface area contributed by atoms with Crippen LogP contribution in [0.4, 0.5) is 10.5 Å². The van der Waals surface area contributed by atoms with Gasteiger partial charge in [0.2, 0.25) is 0 Å². The number of sulfonamides is 1. The van der Waals surface area contributed by atoms with Gasteiger partial charge in [0.15, 0.2) is 0 Å². The minimum Gasteiger partial charge on any atom is -0.450 e. The molecule has 0 aromatic heterocycles. The van der Waals surface area contributed by atoms with E-state index in [0.717, 1.165) is 0 Å². The molecule has 1 saturated heterocycles. The van der Waals surface area contributed by atoms with Gasteiger partial charge < -0.3 is 14.5 Å². The van der Waals surface area contributed by atoms with E-state index in [9.17, 15) is 18.0 Å². The van der Waals surface area contributed by atoms with Crippen LogP contribution in [0.25, 0.3) is 0 Å². The third-order valence-corrected chi connectivity index (χ3v) is 6.33. The molecule has 0 radical (unpaired) electrons. The monoisotopic (exact) mass is 451 g/mol. The minimum atomic E-state index is -3.84. The normalized spacial score (nSPS) is 14.3. The molecule has 160 valence electrons. The van der Waals surface area contributed by atoms with E-state index in [1.165, 1.54) is 24.3 Å². The quantitative estimate of drug-likeness (QED) is 0.753. The molecule has 1 aliphatic heterocycles. The Bertz CT molecular complexity index is 1020. The molecule has 2 amide bonds. The van der Waals surface area contributed by atoms with Crippen LogP contribution in [-0.4, -0.2) is 63.0 Å². The molecule has 1 N–H and O–H groups in total. The molecule has 0 bridgehead atoms. The van der Waals surface area contributed by atoms with Crippen molar-refractivity contribution in [2.45, 2.75) is 11.8 Å². The molecule has 0 spiro atoms. The summed E-state index contributed by atoms with van der Waals surface area (Å²) >= 11 is 6.01. The molecule has 0 aliphatic carbocycles.